The monoisotopic (exact) mass is 261 g/mol. The molecule has 0 spiro atoms. The van der Waals surface area contributed by atoms with Crippen LogP contribution in [-0.4, -0.2) is 24.0 Å². The molecule has 1 heterocycles. The number of nitrogens with zero attached hydrogens (tertiary/aromatic N) is 2. The quantitative estimate of drug-likeness (QED) is 0.860. The van der Waals surface area contributed by atoms with E-state index in [4.69, 9.17) is 9.47 Å². The summed E-state index contributed by atoms with van der Waals surface area (Å²) in [5.74, 6) is 1.61. The largest absolute Gasteiger partial charge is 0.497 e. The number of rotatable bonds is 6. The van der Waals surface area contributed by atoms with Crippen LogP contribution in [0.5, 0.6) is 11.5 Å². The Kier molecular flexibility index (Phi) is 4.41. The van der Waals surface area contributed by atoms with Crippen molar-refractivity contribution in [3.8, 4) is 11.5 Å². The van der Waals surface area contributed by atoms with Crippen LogP contribution in [-0.2, 0) is 20.1 Å². The second-order valence-corrected chi connectivity index (χ2v) is 4.35. The Morgan fingerprint density at radius 3 is 2.21 bits per heavy atom. The van der Waals surface area contributed by atoms with E-state index in [9.17, 15) is 0 Å². The predicted molar refractivity (Wildman–Crippen MR) is 73.3 cm³/mol. The maximum Gasteiger partial charge on any atom is 0.122 e. The maximum absolute atomic E-state index is 5.24. The fraction of sp³-hybridized carbons (Fsp3) is 0.357. The van der Waals surface area contributed by atoms with Gasteiger partial charge in [0.1, 0.15) is 11.5 Å². The van der Waals surface area contributed by atoms with Gasteiger partial charge < -0.3 is 14.8 Å². The number of hydrogen-bond donors (Lipinski definition) is 1. The predicted octanol–water partition coefficient (Wildman–Crippen LogP) is 1.73. The molecule has 102 valence electrons. The van der Waals surface area contributed by atoms with Crippen molar-refractivity contribution in [2.24, 2.45) is 7.05 Å². The number of aromatic nitrogens is 2. The molecular formula is C14H19N3O2. The molecule has 0 fully saturated rings. The lowest BCUT2D eigenvalue weighted by Crippen LogP contribution is -2.12. The Hall–Kier alpha value is -2.01. The topological polar surface area (TPSA) is 48.3 Å². The molecule has 5 heteroatoms. The minimum Gasteiger partial charge on any atom is -0.497 e. The fourth-order valence-corrected chi connectivity index (χ4v) is 1.88. The van der Waals surface area contributed by atoms with Crippen LogP contribution in [0.3, 0.4) is 0 Å². The third-order valence-electron chi connectivity index (χ3n) is 2.83. The number of nitrogens with one attached hydrogen (secondary N) is 1. The summed E-state index contributed by atoms with van der Waals surface area (Å²) in [5.41, 5.74) is 2.29. The van der Waals surface area contributed by atoms with Crippen molar-refractivity contribution >= 4 is 0 Å². The molecule has 0 aliphatic carbocycles. The molecule has 2 aromatic rings. The summed E-state index contributed by atoms with van der Waals surface area (Å²) in [7, 11) is 5.22. The lowest BCUT2D eigenvalue weighted by molar-refractivity contribution is 0.393. The maximum atomic E-state index is 5.24. The van der Waals surface area contributed by atoms with Gasteiger partial charge >= 0.3 is 0 Å². The van der Waals surface area contributed by atoms with Crippen LogP contribution in [0, 0.1) is 0 Å². The van der Waals surface area contributed by atoms with Crippen LogP contribution in [0.25, 0.3) is 0 Å². The van der Waals surface area contributed by atoms with Gasteiger partial charge in [-0.25, -0.2) is 0 Å². The normalized spacial score (nSPS) is 10.5. The van der Waals surface area contributed by atoms with Crippen LogP contribution >= 0.6 is 0 Å². The van der Waals surface area contributed by atoms with Crippen LogP contribution in [0.4, 0.5) is 0 Å². The van der Waals surface area contributed by atoms with Gasteiger partial charge in [-0.1, -0.05) is 0 Å². The highest BCUT2D eigenvalue weighted by atomic mass is 16.5. The third-order valence-corrected chi connectivity index (χ3v) is 2.83. The van der Waals surface area contributed by atoms with Crippen LogP contribution < -0.4 is 14.8 Å². The Bertz CT molecular complexity index is 515. The van der Waals surface area contributed by atoms with Gasteiger partial charge in [-0.15, -0.1) is 0 Å². The second kappa shape index (κ2) is 6.24. The Morgan fingerprint density at radius 2 is 1.68 bits per heavy atom. The minimum atomic E-state index is 0.752. The molecule has 1 aromatic carbocycles. The van der Waals surface area contributed by atoms with Crippen molar-refractivity contribution in [3.05, 3.63) is 41.7 Å². The molecule has 0 atom stereocenters. The molecule has 1 aromatic heterocycles. The second-order valence-electron chi connectivity index (χ2n) is 4.35. The van der Waals surface area contributed by atoms with Crippen molar-refractivity contribution in [2.45, 2.75) is 13.1 Å². The zero-order chi connectivity index (χ0) is 13.7. The van der Waals surface area contributed by atoms with Crippen LogP contribution in [0.15, 0.2) is 30.6 Å². The first-order valence-electron chi connectivity index (χ1n) is 6.11. The summed E-state index contributed by atoms with van der Waals surface area (Å²) < 4.78 is 12.3. The van der Waals surface area contributed by atoms with E-state index in [2.05, 4.69) is 10.4 Å². The van der Waals surface area contributed by atoms with Crippen molar-refractivity contribution < 1.29 is 9.47 Å². The SMILES string of the molecule is COc1cc(CNCc2cnn(C)c2)cc(OC)c1. The van der Waals surface area contributed by atoms with Gasteiger partial charge in [-0.2, -0.15) is 5.10 Å². The molecule has 0 saturated heterocycles. The van der Waals surface area contributed by atoms with Gasteiger partial charge in [0, 0.05) is 38.0 Å². The number of hydrogen-bond acceptors (Lipinski definition) is 4. The molecule has 5 nitrogen and oxygen atoms in total. The summed E-state index contributed by atoms with van der Waals surface area (Å²) in [5, 5.41) is 7.50. The highest BCUT2D eigenvalue weighted by Gasteiger charge is 2.02. The number of aryl methyl sites for hydroxylation is 1. The Balaban J connectivity index is 1.95. The Morgan fingerprint density at radius 1 is 1.05 bits per heavy atom. The Labute approximate surface area is 113 Å². The van der Waals surface area contributed by atoms with Crippen molar-refractivity contribution in [2.75, 3.05) is 14.2 Å². The van der Waals surface area contributed by atoms with Gasteiger partial charge in [-0.05, 0) is 17.7 Å². The number of methoxy groups -OCH3 is 2. The third kappa shape index (κ3) is 3.72. The van der Waals surface area contributed by atoms with Gasteiger partial charge in [-0.3, -0.25) is 4.68 Å². The van der Waals surface area contributed by atoms with Gasteiger partial charge in [0.15, 0.2) is 0 Å². The molecular weight excluding hydrogens is 242 g/mol. The first kappa shape index (κ1) is 13.4. The summed E-state index contributed by atoms with van der Waals surface area (Å²) in [4.78, 5) is 0. The lowest BCUT2D eigenvalue weighted by atomic mass is 10.2. The fourth-order valence-electron chi connectivity index (χ4n) is 1.88. The van der Waals surface area contributed by atoms with E-state index in [1.54, 1.807) is 18.9 Å². The number of benzene rings is 1. The van der Waals surface area contributed by atoms with E-state index in [0.717, 1.165) is 35.7 Å². The summed E-state index contributed by atoms with van der Waals surface area (Å²) in [6, 6.07) is 5.86. The van der Waals surface area contributed by atoms with E-state index >= 15 is 0 Å². The van der Waals surface area contributed by atoms with Crippen molar-refractivity contribution in [1.29, 1.82) is 0 Å². The molecule has 0 amide bonds. The molecule has 19 heavy (non-hydrogen) atoms. The molecule has 0 saturated carbocycles. The van der Waals surface area contributed by atoms with E-state index in [0.29, 0.717) is 0 Å². The molecule has 0 radical (unpaired) electrons. The van der Waals surface area contributed by atoms with E-state index in [-0.39, 0.29) is 0 Å². The molecule has 0 bridgehead atoms. The average molecular weight is 261 g/mol. The molecule has 0 aliphatic rings. The minimum absolute atomic E-state index is 0.752. The van der Waals surface area contributed by atoms with E-state index in [1.165, 1.54) is 0 Å². The highest BCUT2D eigenvalue weighted by Crippen LogP contribution is 2.22. The van der Waals surface area contributed by atoms with Gasteiger partial charge in [0.2, 0.25) is 0 Å². The van der Waals surface area contributed by atoms with Gasteiger partial charge in [0.25, 0.3) is 0 Å². The van der Waals surface area contributed by atoms with Crippen molar-refractivity contribution in [1.82, 2.24) is 15.1 Å². The molecule has 1 N–H and O–H groups in total. The van der Waals surface area contributed by atoms with E-state index < -0.39 is 0 Å². The van der Waals surface area contributed by atoms with Crippen LogP contribution in [0.2, 0.25) is 0 Å². The summed E-state index contributed by atoms with van der Waals surface area (Å²) in [6.07, 6.45) is 3.86. The summed E-state index contributed by atoms with van der Waals surface area (Å²) >= 11 is 0. The standard InChI is InChI=1S/C14H19N3O2/c1-17-10-12(9-16-17)8-15-7-11-4-13(18-2)6-14(5-11)19-3/h4-6,9-10,15H,7-8H2,1-3H3. The van der Waals surface area contributed by atoms with E-state index in [1.807, 2.05) is 37.6 Å². The lowest BCUT2D eigenvalue weighted by Gasteiger charge is -2.09. The molecule has 0 aliphatic heterocycles. The van der Waals surface area contributed by atoms with Crippen molar-refractivity contribution in [3.63, 3.8) is 0 Å². The van der Waals surface area contributed by atoms with Crippen LogP contribution in [0.1, 0.15) is 11.1 Å². The first-order valence-corrected chi connectivity index (χ1v) is 6.11. The highest BCUT2D eigenvalue weighted by molar-refractivity contribution is 5.38. The summed E-state index contributed by atoms with van der Waals surface area (Å²) in [6.45, 7) is 1.54. The van der Waals surface area contributed by atoms with Gasteiger partial charge in [0.05, 0.1) is 20.4 Å². The average Bonchev–Trinajstić information content (AvgIpc) is 2.84. The smallest absolute Gasteiger partial charge is 0.122 e. The number of ether oxygens (including phenoxy) is 2. The molecule has 2 rings (SSSR count). The zero-order valence-electron chi connectivity index (χ0n) is 11.5. The first-order chi connectivity index (χ1) is 9.21. The zero-order valence-corrected chi connectivity index (χ0v) is 11.5. The molecule has 0 unspecified atom stereocenters.